The number of nitrogens with one attached hydrogen (secondary N) is 1. The van der Waals surface area contributed by atoms with Crippen molar-refractivity contribution in [2.45, 2.75) is 0 Å². The van der Waals surface area contributed by atoms with E-state index in [0.717, 1.165) is 0 Å². The smallest absolute Gasteiger partial charge is 0.349 e. The normalized spacial score (nSPS) is 11.1. The number of primary amides is 1. The largest absolute Gasteiger partial charge is 0.493 e. The lowest BCUT2D eigenvalue weighted by Crippen LogP contribution is -2.32. The topological polar surface area (TPSA) is 129 Å². The number of nitrogens with two attached hydrogens (primary N) is 1. The molecule has 1 aromatic heterocycles. The summed E-state index contributed by atoms with van der Waals surface area (Å²) >= 11 is 3.33. The number of nitrogens with zero attached hydrogens (tertiary/aromatic N) is 2. The zero-order valence-corrected chi connectivity index (χ0v) is 16.2. The van der Waals surface area contributed by atoms with Crippen LogP contribution in [0.3, 0.4) is 0 Å². The van der Waals surface area contributed by atoms with Gasteiger partial charge in [-0.1, -0.05) is 28.1 Å². The predicted molar refractivity (Wildman–Crippen MR) is 107 cm³/mol. The number of hydrogen-bond donors (Lipinski definition) is 2. The molecule has 3 rings (SSSR count). The van der Waals surface area contributed by atoms with Gasteiger partial charge in [-0.25, -0.2) is 4.79 Å². The van der Waals surface area contributed by atoms with Gasteiger partial charge in [0.1, 0.15) is 0 Å². The van der Waals surface area contributed by atoms with Gasteiger partial charge < -0.3 is 20.2 Å². The summed E-state index contributed by atoms with van der Waals surface area (Å²) in [6, 6.07) is 9.86. The number of hydrogen-bond acceptors (Lipinski definition) is 6. The molecule has 0 fully saturated rings. The number of amides is 1. The van der Waals surface area contributed by atoms with Crippen LogP contribution in [-0.2, 0) is 4.79 Å². The quantitative estimate of drug-likeness (QED) is 0.549. The van der Waals surface area contributed by atoms with E-state index in [2.05, 4.69) is 26.0 Å². The molecule has 0 saturated heterocycles. The van der Waals surface area contributed by atoms with Crippen molar-refractivity contribution >= 4 is 39.0 Å². The number of aromatic amines is 1. The third-order valence-electron chi connectivity index (χ3n) is 3.72. The lowest BCUT2D eigenvalue weighted by molar-refractivity contribution is -0.119. The number of methoxy groups -OCH3 is 1. The molecule has 2 aromatic carbocycles. The molecule has 0 saturated carbocycles. The molecule has 0 atom stereocenters. The minimum Gasteiger partial charge on any atom is -0.493 e. The van der Waals surface area contributed by atoms with Gasteiger partial charge in [-0.3, -0.25) is 9.59 Å². The zero-order chi connectivity index (χ0) is 20.3. The summed E-state index contributed by atoms with van der Waals surface area (Å²) in [6.07, 6.45) is 1.26. The maximum atomic E-state index is 12.6. The van der Waals surface area contributed by atoms with Crippen LogP contribution in [0.4, 0.5) is 0 Å². The molecule has 0 aliphatic carbocycles. The highest BCUT2D eigenvalue weighted by Gasteiger charge is 2.13. The van der Waals surface area contributed by atoms with E-state index >= 15 is 0 Å². The van der Waals surface area contributed by atoms with Crippen molar-refractivity contribution in [1.29, 1.82) is 0 Å². The molecule has 1 heterocycles. The Balaban J connectivity index is 2.11. The van der Waals surface area contributed by atoms with Gasteiger partial charge in [0, 0.05) is 10.0 Å². The van der Waals surface area contributed by atoms with Crippen LogP contribution in [0.15, 0.2) is 55.6 Å². The first-order valence-corrected chi connectivity index (χ1v) is 8.77. The van der Waals surface area contributed by atoms with E-state index < -0.39 is 17.2 Å². The van der Waals surface area contributed by atoms with Gasteiger partial charge in [0.2, 0.25) is 0 Å². The minimum atomic E-state index is -0.693. The molecule has 144 valence electrons. The van der Waals surface area contributed by atoms with E-state index in [1.165, 1.54) is 13.3 Å². The van der Waals surface area contributed by atoms with Crippen LogP contribution < -0.4 is 26.5 Å². The van der Waals surface area contributed by atoms with Gasteiger partial charge in [0.15, 0.2) is 18.1 Å². The number of benzene rings is 2. The van der Waals surface area contributed by atoms with Gasteiger partial charge in [0.05, 0.1) is 24.2 Å². The van der Waals surface area contributed by atoms with E-state index in [4.69, 9.17) is 15.2 Å². The Morgan fingerprint density at radius 2 is 2.07 bits per heavy atom. The molecule has 0 unspecified atom stereocenters. The van der Waals surface area contributed by atoms with Crippen molar-refractivity contribution in [3.05, 3.63) is 67.3 Å². The molecule has 10 heteroatoms. The molecule has 3 aromatic rings. The van der Waals surface area contributed by atoms with Crippen molar-refractivity contribution < 1.29 is 14.3 Å². The van der Waals surface area contributed by atoms with Crippen LogP contribution in [0.1, 0.15) is 5.56 Å². The molecule has 3 N–H and O–H groups in total. The lowest BCUT2D eigenvalue weighted by Gasteiger charge is -2.13. The summed E-state index contributed by atoms with van der Waals surface area (Å²) in [5.41, 5.74) is 4.65. The number of carbonyl (C=O) groups is 1. The highest BCUT2D eigenvalue weighted by atomic mass is 79.9. The van der Waals surface area contributed by atoms with Crippen molar-refractivity contribution in [2.75, 3.05) is 13.7 Å². The van der Waals surface area contributed by atoms with Crippen LogP contribution in [0.25, 0.3) is 10.9 Å². The average Bonchev–Trinajstić information content (AvgIpc) is 2.66. The maximum Gasteiger partial charge on any atom is 0.349 e. The van der Waals surface area contributed by atoms with Crippen LogP contribution in [0.5, 0.6) is 11.5 Å². The molecule has 0 bridgehead atoms. The Kier molecular flexibility index (Phi) is 5.59. The van der Waals surface area contributed by atoms with Gasteiger partial charge in [0.25, 0.3) is 11.5 Å². The zero-order valence-electron chi connectivity index (χ0n) is 14.6. The molecule has 1 amide bonds. The van der Waals surface area contributed by atoms with Crippen LogP contribution in [0.2, 0.25) is 0 Å². The van der Waals surface area contributed by atoms with E-state index in [0.29, 0.717) is 31.4 Å². The maximum absolute atomic E-state index is 12.6. The van der Waals surface area contributed by atoms with E-state index in [9.17, 15) is 14.4 Å². The molecule has 9 nitrogen and oxygen atoms in total. The highest BCUT2D eigenvalue weighted by molar-refractivity contribution is 9.10. The second kappa shape index (κ2) is 8.09. The SMILES string of the molecule is COc1cc(Br)cc(C=Nn2c(=O)[nH]c3ccccc3c2=O)c1OCC(N)=O. The summed E-state index contributed by atoms with van der Waals surface area (Å²) in [5.74, 6) is -0.162. The number of ether oxygens (including phenoxy) is 2. The Labute approximate surface area is 166 Å². The number of para-hydroxylation sites is 1. The summed E-state index contributed by atoms with van der Waals surface area (Å²) in [4.78, 5) is 38.5. The molecule has 0 aliphatic heterocycles. The molecule has 0 aliphatic rings. The number of carbonyl (C=O) groups excluding carboxylic acids is 1. The van der Waals surface area contributed by atoms with Crippen molar-refractivity contribution in [3.63, 3.8) is 0 Å². The van der Waals surface area contributed by atoms with E-state index in [-0.39, 0.29) is 12.4 Å². The predicted octanol–water partition coefficient (Wildman–Crippen LogP) is 1.21. The Morgan fingerprint density at radius 1 is 1.32 bits per heavy atom. The first-order chi connectivity index (χ1) is 13.4. The first kappa shape index (κ1) is 19.4. The fraction of sp³-hybridized carbons (Fsp3) is 0.111. The molecular weight excluding hydrogens is 432 g/mol. The second-order valence-corrected chi connectivity index (χ2v) is 6.53. The lowest BCUT2D eigenvalue weighted by atomic mass is 10.2. The van der Waals surface area contributed by atoms with Crippen molar-refractivity contribution in [1.82, 2.24) is 9.66 Å². The second-order valence-electron chi connectivity index (χ2n) is 5.62. The summed E-state index contributed by atoms with van der Waals surface area (Å²) in [5, 5.41) is 4.31. The average molecular weight is 447 g/mol. The number of rotatable bonds is 6. The highest BCUT2D eigenvalue weighted by Crippen LogP contribution is 2.34. The van der Waals surface area contributed by atoms with Gasteiger partial charge >= 0.3 is 5.69 Å². The first-order valence-electron chi connectivity index (χ1n) is 7.97. The molecule has 28 heavy (non-hydrogen) atoms. The number of halogens is 1. The van der Waals surface area contributed by atoms with Crippen LogP contribution >= 0.6 is 15.9 Å². The number of H-pyrrole nitrogens is 1. The summed E-state index contributed by atoms with van der Waals surface area (Å²) in [6.45, 7) is -0.380. The van der Waals surface area contributed by atoms with Crippen molar-refractivity contribution in [3.8, 4) is 11.5 Å². The fourth-order valence-electron chi connectivity index (χ4n) is 2.51. The number of fused-ring (bicyclic) bond motifs is 1. The Hall–Kier alpha value is -3.40. The van der Waals surface area contributed by atoms with Gasteiger partial charge in [-0.2, -0.15) is 5.10 Å². The van der Waals surface area contributed by atoms with Crippen LogP contribution in [-0.4, -0.2) is 35.5 Å². The van der Waals surface area contributed by atoms with E-state index in [1.807, 2.05) is 0 Å². The van der Waals surface area contributed by atoms with Crippen molar-refractivity contribution in [2.24, 2.45) is 10.8 Å². The van der Waals surface area contributed by atoms with Crippen LogP contribution in [0, 0.1) is 0 Å². The van der Waals surface area contributed by atoms with E-state index in [1.54, 1.807) is 36.4 Å². The minimum absolute atomic E-state index is 0.193. The molecular formula is C18H15BrN4O5. The standard InChI is InChI=1S/C18H15BrN4O5/c1-27-14-7-11(19)6-10(16(14)28-9-15(20)24)8-21-23-17(25)12-4-2-3-5-13(12)22-18(23)26/h2-8H,9H2,1H3,(H2,20,24)(H,22,26). The fourth-order valence-corrected chi connectivity index (χ4v) is 2.97. The Bertz CT molecular complexity index is 1200. The molecule has 0 radical (unpaired) electrons. The third-order valence-corrected chi connectivity index (χ3v) is 4.18. The molecule has 0 spiro atoms. The van der Waals surface area contributed by atoms with Gasteiger partial charge in [-0.05, 0) is 24.3 Å². The Morgan fingerprint density at radius 3 is 2.79 bits per heavy atom. The monoisotopic (exact) mass is 446 g/mol. The number of aromatic nitrogens is 2. The van der Waals surface area contributed by atoms with Gasteiger partial charge in [-0.15, -0.1) is 4.68 Å². The third kappa shape index (κ3) is 3.96. The summed E-state index contributed by atoms with van der Waals surface area (Å²) < 4.78 is 12.0. The summed E-state index contributed by atoms with van der Waals surface area (Å²) in [7, 11) is 1.43.